The summed E-state index contributed by atoms with van der Waals surface area (Å²) in [6.07, 6.45) is 3.23. The Morgan fingerprint density at radius 1 is 1.33 bits per heavy atom. The molecule has 0 aromatic heterocycles. The maximum absolute atomic E-state index is 10.3. The van der Waals surface area contributed by atoms with Crippen LogP contribution in [0.2, 0.25) is 0 Å². The third-order valence-corrected chi connectivity index (χ3v) is 2.76. The van der Waals surface area contributed by atoms with E-state index in [-0.39, 0.29) is 16.9 Å². The van der Waals surface area contributed by atoms with Crippen molar-refractivity contribution in [2.45, 2.75) is 31.8 Å². The van der Waals surface area contributed by atoms with E-state index in [2.05, 4.69) is 0 Å². The van der Waals surface area contributed by atoms with E-state index in [1.807, 2.05) is 6.92 Å². The summed E-state index contributed by atoms with van der Waals surface area (Å²) in [5.41, 5.74) is -0.347. The van der Waals surface area contributed by atoms with Gasteiger partial charge in [0.15, 0.2) is 0 Å². The van der Waals surface area contributed by atoms with Crippen molar-refractivity contribution in [3.8, 4) is 0 Å². The molecule has 0 unspecified atom stereocenters. The first-order chi connectivity index (χ1) is 8.32. The molecule has 0 radical (unpaired) electrons. The molecule has 0 atom stereocenters. The van der Waals surface area contributed by atoms with Crippen LogP contribution >= 0.6 is 0 Å². The highest BCUT2D eigenvalue weighted by Gasteiger charge is 2.27. The summed E-state index contributed by atoms with van der Waals surface area (Å²) in [5, 5.41) is 27.5. The highest BCUT2D eigenvalue weighted by molar-refractivity contribution is 5.87. The van der Waals surface area contributed by atoms with Crippen LogP contribution in [0.15, 0.2) is 24.3 Å². The van der Waals surface area contributed by atoms with E-state index < -0.39 is 10.9 Å². The highest BCUT2D eigenvalue weighted by atomic mass is 16.6. The molecule has 0 aliphatic heterocycles. The van der Waals surface area contributed by atoms with Crippen LogP contribution in [0.25, 0.3) is 0 Å². The number of nitro benzene ring substituents is 1. The fraction of sp³-hybridized carbons (Fsp3) is 0.417. The van der Waals surface area contributed by atoms with Crippen LogP contribution in [0.3, 0.4) is 0 Å². The van der Waals surface area contributed by atoms with Crippen molar-refractivity contribution in [3.63, 3.8) is 0 Å². The summed E-state index contributed by atoms with van der Waals surface area (Å²) >= 11 is 0. The molecule has 1 saturated carbocycles. The van der Waals surface area contributed by atoms with Crippen molar-refractivity contribution in [2.24, 2.45) is 0 Å². The number of hydrogen-bond donors (Lipinski definition) is 2. The standard InChI is InChI=1S/C7H5NO4.C5H10O/c9-7(10)5-1-3-6(4-2-5)8(11)12;1-5(6)3-2-4-5/h1-4H,(H,9,10);6H,2-4H2,1H3. The minimum atomic E-state index is -1.09. The number of carbonyl (C=O) groups is 1. The summed E-state index contributed by atoms with van der Waals surface area (Å²) in [7, 11) is 0. The van der Waals surface area contributed by atoms with Crippen molar-refractivity contribution in [1.82, 2.24) is 0 Å². The van der Waals surface area contributed by atoms with Crippen LogP contribution < -0.4 is 0 Å². The highest BCUT2D eigenvalue weighted by Crippen LogP contribution is 2.29. The quantitative estimate of drug-likeness (QED) is 0.621. The van der Waals surface area contributed by atoms with Gasteiger partial charge in [0.05, 0.1) is 16.1 Å². The topological polar surface area (TPSA) is 101 Å². The van der Waals surface area contributed by atoms with Crippen molar-refractivity contribution in [2.75, 3.05) is 0 Å². The van der Waals surface area contributed by atoms with Crippen LogP contribution in [0, 0.1) is 10.1 Å². The molecule has 0 amide bonds. The maximum atomic E-state index is 10.3. The number of nitro groups is 1. The zero-order chi connectivity index (χ0) is 13.8. The number of aliphatic hydroxyl groups is 1. The monoisotopic (exact) mass is 253 g/mol. The molecule has 1 aliphatic carbocycles. The first-order valence-electron chi connectivity index (χ1n) is 5.52. The molecule has 0 saturated heterocycles. The number of benzene rings is 1. The normalized spacial score (nSPS) is 15.9. The number of rotatable bonds is 2. The number of nitrogens with zero attached hydrogens (tertiary/aromatic N) is 1. The van der Waals surface area contributed by atoms with Crippen LogP contribution in [0.5, 0.6) is 0 Å². The molecule has 0 heterocycles. The fourth-order valence-corrected chi connectivity index (χ4v) is 1.41. The molecule has 2 N–H and O–H groups in total. The summed E-state index contributed by atoms with van der Waals surface area (Å²) < 4.78 is 0. The van der Waals surface area contributed by atoms with Crippen molar-refractivity contribution < 1.29 is 19.9 Å². The van der Waals surface area contributed by atoms with E-state index in [9.17, 15) is 14.9 Å². The van der Waals surface area contributed by atoms with Crippen molar-refractivity contribution in [3.05, 3.63) is 39.9 Å². The Morgan fingerprint density at radius 3 is 2.00 bits per heavy atom. The van der Waals surface area contributed by atoms with Gasteiger partial charge in [0.25, 0.3) is 5.69 Å². The second-order valence-electron chi connectivity index (χ2n) is 4.46. The lowest BCUT2D eigenvalue weighted by Crippen LogP contribution is -2.32. The lowest BCUT2D eigenvalue weighted by Gasteiger charge is -2.31. The maximum Gasteiger partial charge on any atom is 0.335 e. The number of carboxylic acid groups (broad SMARTS) is 1. The van der Waals surface area contributed by atoms with Gasteiger partial charge in [0.2, 0.25) is 0 Å². The molecule has 1 aliphatic rings. The van der Waals surface area contributed by atoms with E-state index in [0.29, 0.717) is 0 Å². The average molecular weight is 253 g/mol. The molecule has 1 fully saturated rings. The lowest BCUT2D eigenvalue weighted by atomic mass is 9.82. The van der Waals surface area contributed by atoms with Crippen LogP contribution in [0.4, 0.5) is 5.69 Å². The lowest BCUT2D eigenvalue weighted by molar-refractivity contribution is -0.384. The molecule has 1 aromatic rings. The molecule has 6 heteroatoms. The number of aromatic carboxylic acids is 1. The Bertz CT molecular complexity index is 399. The predicted octanol–water partition coefficient (Wildman–Crippen LogP) is 2.21. The minimum Gasteiger partial charge on any atom is -0.478 e. The Labute approximate surface area is 104 Å². The van der Waals surface area contributed by atoms with Crippen molar-refractivity contribution in [1.29, 1.82) is 0 Å². The van der Waals surface area contributed by atoms with Gasteiger partial charge in [-0.3, -0.25) is 10.1 Å². The average Bonchev–Trinajstić information content (AvgIpc) is 2.28. The second kappa shape index (κ2) is 5.59. The largest absolute Gasteiger partial charge is 0.478 e. The predicted molar refractivity (Wildman–Crippen MR) is 64.5 cm³/mol. The van der Waals surface area contributed by atoms with Gasteiger partial charge in [-0.2, -0.15) is 0 Å². The van der Waals surface area contributed by atoms with Gasteiger partial charge in [-0.05, 0) is 38.3 Å². The van der Waals surface area contributed by atoms with Gasteiger partial charge in [-0.1, -0.05) is 0 Å². The van der Waals surface area contributed by atoms with E-state index in [1.165, 1.54) is 18.6 Å². The molecular formula is C12H15NO5. The molecule has 98 valence electrons. The van der Waals surface area contributed by atoms with Gasteiger partial charge < -0.3 is 10.2 Å². The number of hydrogen-bond acceptors (Lipinski definition) is 4. The fourth-order valence-electron chi connectivity index (χ4n) is 1.41. The van der Waals surface area contributed by atoms with Crippen molar-refractivity contribution >= 4 is 11.7 Å². The van der Waals surface area contributed by atoms with Gasteiger partial charge in [-0.25, -0.2) is 4.79 Å². The van der Waals surface area contributed by atoms with Gasteiger partial charge >= 0.3 is 5.97 Å². The van der Waals surface area contributed by atoms with Crippen LogP contribution in [-0.2, 0) is 0 Å². The Balaban J connectivity index is 0.000000225. The van der Waals surface area contributed by atoms with Crippen LogP contribution in [0.1, 0.15) is 36.5 Å². The Kier molecular flexibility index (Phi) is 4.38. The third kappa shape index (κ3) is 4.14. The Morgan fingerprint density at radius 2 is 1.78 bits per heavy atom. The zero-order valence-electron chi connectivity index (χ0n) is 10.00. The molecule has 6 nitrogen and oxygen atoms in total. The van der Waals surface area contributed by atoms with E-state index in [0.717, 1.165) is 25.0 Å². The number of carboxylic acids is 1. The third-order valence-electron chi connectivity index (χ3n) is 2.76. The Hall–Kier alpha value is -1.95. The summed E-state index contributed by atoms with van der Waals surface area (Å²) in [4.78, 5) is 19.9. The SMILES string of the molecule is CC1(O)CCC1.O=C(O)c1ccc([N+](=O)[O-])cc1. The summed E-state index contributed by atoms with van der Waals surface area (Å²) in [6, 6.07) is 4.70. The number of non-ortho nitro benzene ring substituents is 1. The van der Waals surface area contributed by atoms with E-state index in [1.54, 1.807) is 0 Å². The molecular weight excluding hydrogens is 238 g/mol. The molecule has 18 heavy (non-hydrogen) atoms. The van der Waals surface area contributed by atoms with E-state index >= 15 is 0 Å². The van der Waals surface area contributed by atoms with Gasteiger partial charge in [-0.15, -0.1) is 0 Å². The molecule has 2 rings (SSSR count). The second-order valence-corrected chi connectivity index (χ2v) is 4.46. The zero-order valence-corrected chi connectivity index (χ0v) is 10.00. The minimum absolute atomic E-state index is 0.0422. The molecule has 0 spiro atoms. The summed E-state index contributed by atoms with van der Waals surface area (Å²) in [6.45, 7) is 1.89. The van der Waals surface area contributed by atoms with Gasteiger partial charge in [0, 0.05) is 12.1 Å². The van der Waals surface area contributed by atoms with Crippen LogP contribution in [-0.4, -0.2) is 26.7 Å². The van der Waals surface area contributed by atoms with Gasteiger partial charge in [0.1, 0.15) is 0 Å². The first-order valence-corrected chi connectivity index (χ1v) is 5.52. The summed E-state index contributed by atoms with van der Waals surface area (Å²) in [5.74, 6) is -1.09. The molecule has 0 bridgehead atoms. The van der Waals surface area contributed by atoms with E-state index in [4.69, 9.17) is 10.2 Å². The smallest absolute Gasteiger partial charge is 0.335 e. The first kappa shape index (κ1) is 14.1. The molecule has 1 aromatic carbocycles.